The third-order valence-electron chi connectivity index (χ3n) is 5.68. The fraction of sp³-hybridized carbons (Fsp3) is 0.515. The highest BCUT2D eigenvalue weighted by atomic mass is 32.2. The Morgan fingerprint density at radius 3 is 1.62 bits per heavy atom. The van der Waals surface area contributed by atoms with Crippen LogP contribution in [0.1, 0.15) is 88.6 Å². The Balaban J connectivity index is 2.07. The molecule has 0 radical (unpaired) electrons. The van der Waals surface area contributed by atoms with Crippen molar-refractivity contribution in [3.8, 4) is 0 Å². The second-order valence-corrected chi connectivity index (χ2v) is 18.8. The molecule has 0 N–H and O–H groups in total. The molecule has 0 saturated heterocycles. The molecule has 2 heterocycles. The summed E-state index contributed by atoms with van der Waals surface area (Å²) in [5, 5.41) is 1.67. The molecular weight excluding hydrogens is 541 g/mol. The van der Waals surface area contributed by atoms with E-state index in [0.717, 1.165) is 21.3 Å². The largest absolute Gasteiger partial charge is 0.495 e. The molecular formula is C33H45O3S3+. The number of hydrogen-bond acceptors (Lipinski definition) is 5. The summed E-state index contributed by atoms with van der Waals surface area (Å²) in [5.74, 6) is 0.641. The molecule has 0 amide bonds. The Kier molecular flexibility index (Phi) is 9.27. The summed E-state index contributed by atoms with van der Waals surface area (Å²) < 4.78 is 12.0. The van der Waals surface area contributed by atoms with Crippen molar-refractivity contribution in [1.82, 2.24) is 0 Å². The van der Waals surface area contributed by atoms with Crippen molar-refractivity contribution in [2.24, 2.45) is 10.8 Å². The minimum Gasteiger partial charge on any atom is -0.495 e. The molecule has 1 aliphatic carbocycles. The molecule has 1 aromatic heterocycles. The van der Waals surface area contributed by atoms with E-state index in [-0.39, 0.29) is 26.1 Å². The van der Waals surface area contributed by atoms with E-state index in [4.69, 9.17) is 9.15 Å². The van der Waals surface area contributed by atoms with Gasteiger partial charge in [0.2, 0.25) is 5.78 Å². The third-order valence-corrected chi connectivity index (χ3v) is 9.61. The van der Waals surface area contributed by atoms with Crippen LogP contribution in [-0.4, -0.2) is 22.4 Å². The lowest BCUT2D eigenvalue weighted by Crippen LogP contribution is -2.22. The Hall–Kier alpha value is -1.63. The van der Waals surface area contributed by atoms with E-state index in [1.54, 1.807) is 30.6 Å². The molecule has 0 bridgehead atoms. The van der Waals surface area contributed by atoms with Crippen LogP contribution in [-0.2, 0) is 9.53 Å². The molecule has 0 fully saturated rings. The van der Waals surface area contributed by atoms with E-state index in [1.807, 2.05) is 36.0 Å². The lowest BCUT2D eigenvalue weighted by Gasteiger charge is -2.32. The number of carbonyl (C=O) groups excluding carboxylic acids is 1. The lowest BCUT2D eigenvalue weighted by molar-refractivity contribution is -0.113. The first kappa shape index (κ1) is 31.9. The van der Waals surface area contributed by atoms with Gasteiger partial charge in [0.15, 0.2) is 0 Å². The van der Waals surface area contributed by atoms with Gasteiger partial charge < -0.3 is 4.74 Å². The van der Waals surface area contributed by atoms with E-state index in [2.05, 4.69) is 95.2 Å². The molecule has 0 unspecified atom stereocenters. The second kappa shape index (κ2) is 11.3. The van der Waals surface area contributed by atoms with Crippen molar-refractivity contribution in [1.29, 1.82) is 0 Å². The number of thioether (sulfide) groups is 3. The monoisotopic (exact) mass is 585 g/mol. The molecule has 39 heavy (non-hydrogen) atoms. The van der Waals surface area contributed by atoms with Gasteiger partial charge in [-0.15, -0.1) is 0 Å². The van der Waals surface area contributed by atoms with E-state index < -0.39 is 0 Å². The summed E-state index contributed by atoms with van der Waals surface area (Å²) in [6, 6.07) is 4.03. The van der Waals surface area contributed by atoms with E-state index in [0.29, 0.717) is 16.9 Å². The molecule has 212 valence electrons. The van der Waals surface area contributed by atoms with Gasteiger partial charge in [0.25, 0.3) is 0 Å². The van der Waals surface area contributed by atoms with Crippen LogP contribution in [0.15, 0.2) is 77.3 Å². The molecule has 1 aromatic rings. The van der Waals surface area contributed by atoms with Crippen molar-refractivity contribution in [2.75, 3.05) is 7.11 Å². The van der Waals surface area contributed by atoms with Gasteiger partial charge >= 0.3 is 10.2 Å². The number of ketones is 1. The van der Waals surface area contributed by atoms with Gasteiger partial charge in [-0.3, -0.25) is 4.79 Å². The maximum Gasteiger partial charge on any atom is 0.389 e. The van der Waals surface area contributed by atoms with Crippen molar-refractivity contribution < 1.29 is 13.9 Å². The summed E-state index contributed by atoms with van der Waals surface area (Å²) in [7, 11) is 1.64. The zero-order valence-corrected chi connectivity index (χ0v) is 28.4. The van der Waals surface area contributed by atoms with Gasteiger partial charge in [-0.1, -0.05) is 94.8 Å². The van der Waals surface area contributed by atoms with Crippen molar-refractivity contribution in [3.63, 3.8) is 0 Å². The van der Waals surface area contributed by atoms with E-state index in [9.17, 15) is 4.79 Å². The van der Waals surface area contributed by atoms with Crippen molar-refractivity contribution in [3.05, 3.63) is 68.2 Å². The molecule has 3 rings (SSSR count). The molecule has 0 spiro atoms. The van der Waals surface area contributed by atoms with Crippen molar-refractivity contribution in [2.45, 2.75) is 103 Å². The number of carbonyl (C=O) groups is 1. The fourth-order valence-corrected chi connectivity index (χ4v) is 7.01. The number of allylic oxidation sites excluding steroid dienone is 8. The third kappa shape index (κ3) is 8.68. The normalized spacial score (nSPS) is 18.2. The zero-order chi connectivity index (χ0) is 29.6. The van der Waals surface area contributed by atoms with Crippen LogP contribution in [0, 0.1) is 10.8 Å². The van der Waals surface area contributed by atoms with Crippen LogP contribution in [0.4, 0.5) is 0 Å². The maximum absolute atomic E-state index is 13.5. The SMILES string of the molecule is COC1=C(C=C2C=C(C(C)(C)C)SC(C(C)(C)C)=C2)C(=O)C1=Cc1cc(SC(C)(C)C)[o+]c(SC(C)(C)C)c1. The summed E-state index contributed by atoms with van der Waals surface area (Å²) >= 11 is 5.21. The molecule has 0 atom stereocenters. The molecule has 3 nitrogen and oxygen atoms in total. The molecule has 0 aromatic carbocycles. The first-order valence-corrected chi connectivity index (χ1v) is 15.9. The van der Waals surface area contributed by atoms with Gasteiger partial charge in [0, 0.05) is 9.49 Å². The van der Waals surface area contributed by atoms with Crippen LogP contribution in [0.25, 0.3) is 6.08 Å². The fourth-order valence-electron chi connectivity index (χ4n) is 3.85. The summed E-state index contributed by atoms with van der Waals surface area (Å²) in [4.78, 5) is 16.1. The first-order chi connectivity index (χ1) is 17.7. The van der Waals surface area contributed by atoms with Crippen LogP contribution in [0.5, 0.6) is 0 Å². The Morgan fingerprint density at radius 1 is 0.769 bits per heavy atom. The lowest BCUT2D eigenvalue weighted by atomic mass is 9.84. The van der Waals surface area contributed by atoms with Gasteiger partial charge in [0.05, 0.1) is 30.4 Å². The minimum absolute atomic E-state index is 0.000691. The van der Waals surface area contributed by atoms with Gasteiger partial charge in [0.1, 0.15) is 5.76 Å². The standard InChI is InChI=1S/C33H45O3S3/c1-30(2,3)24-16-20(17-25(37-24)31(4,5)6)14-22-28(34)23(29(22)35-13)15-21-18-26(38-32(7,8)9)36-27(19-21)39-33(10,11)12/h14-19H,1-13H3/q+1. The summed E-state index contributed by atoms with van der Waals surface area (Å²) in [6.45, 7) is 26.4. The van der Waals surface area contributed by atoms with Gasteiger partial charge in [-0.05, 0) is 79.6 Å². The number of methoxy groups -OCH3 is 1. The van der Waals surface area contributed by atoms with Crippen molar-refractivity contribution >= 4 is 47.1 Å². The topological polar surface area (TPSA) is 37.6 Å². The highest BCUT2D eigenvalue weighted by Gasteiger charge is 2.35. The van der Waals surface area contributed by atoms with Crippen LogP contribution >= 0.6 is 35.3 Å². The quantitative estimate of drug-likeness (QED) is 0.194. The highest BCUT2D eigenvalue weighted by Crippen LogP contribution is 2.49. The van der Waals surface area contributed by atoms with E-state index >= 15 is 0 Å². The van der Waals surface area contributed by atoms with E-state index in [1.165, 1.54) is 9.81 Å². The van der Waals surface area contributed by atoms with Crippen LogP contribution in [0.3, 0.4) is 0 Å². The Bertz CT molecular complexity index is 1230. The average molecular weight is 586 g/mol. The number of rotatable bonds is 5. The molecule has 2 aliphatic rings. The van der Waals surface area contributed by atoms with Gasteiger partial charge in [-0.2, -0.15) is 4.42 Å². The molecule has 6 heteroatoms. The predicted molar refractivity (Wildman–Crippen MR) is 172 cm³/mol. The number of hydrogen-bond donors (Lipinski definition) is 0. The maximum atomic E-state index is 13.5. The summed E-state index contributed by atoms with van der Waals surface area (Å²) in [6.07, 6.45) is 8.33. The van der Waals surface area contributed by atoms with Crippen LogP contribution in [0.2, 0.25) is 0 Å². The number of ether oxygens (including phenoxy) is 1. The smallest absolute Gasteiger partial charge is 0.389 e. The summed E-state index contributed by atoms with van der Waals surface area (Å²) in [5.41, 5.74) is 3.22. The first-order valence-electron chi connectivity index (χ1n) is 13.4. The van der Waals surface area contributed by atoms with Crippen LogP contribution < -0.4 is 0 Å². The number of Topliss-reactive ketones (excluding diaryl/α,β-unsaturated/α-hetero) is 1. The zero-order valence-electron chi connectivity index (χ0n) is 25.9. The minimum atomic E-state index is -0.000691. The average Bonchev–Trinajstić information content (AvgIpc) is 2.74. The Labute approximate surface area is 249 Å². The Morgan fingerprint density at radius 2 is 1.23 bits per heavy atom. The second-order valence-electron chi connectivity index (χ2n) is 14.1. The van der Waals surface area contributed by atoms with Gasteiger partial charge in [-0.25, -0.2) is 0 Å². The molecule has 0 saturated carbocycles. The highest BCUT2D eigenvalue weighted by molar-refractivity contribution is 8.06. The molecule has 1 aliphatic heterocycles. The predicted octanol–water partition coefficient (Wildman–Crippen LogP) is 10.7.